The summed E-state index contributed by atoms with van der Waals surface area (Å²) < 4.78 is 33.0. The van der Waals surface area contributed by atoms with Gasteiger partial charge in [-0.3, -0.25) is 9.97 Å². The van der Waals surface area contributed by atoms with Crippen LogP contribution in [0.1, 0.15) is 39.2 Å². The van der Waals surface area contributed by atoms with Crippen LogP contribution in [0.15, 0.2) is 48.8 Å². The van der Waals surface area contributed by atoms with Gasteiger partial charge in [-0.25, -0.2) is 8.78 Å². The van der Waals surface area contributed by atoms with Gasteiger partial charge in [-0.1, -0.05) is 39.0 Å². The zero-order chi connectivity index (χ0) is 19.4. The van der Waals surface area contributed by atoms with E-state index >= 15 is 0 Å². The third-order valence-corrected chi connectivity index (χ3v) is 4.45. The predicted molar refractivity (Wildman–Crippen MR) is 104 cm³/mol. The summed E-state index contributed by atoms with van der Waals surface area (Å²) in [5.74, 6) is 0.987. The van der Waals surface area contributed by atoms with Gasteiger partial charge in [-0.2, -0.15) is 0 Å². The van der Waals surface area contributed by atoms with Gasteiger partial charge in [0.1, 0.15) is 5.75 Å². The first kappa shape index (κ1) is 19.2. The Morgan fingerprint density at radius 3 is 2.56 bits per heavy atom. The number of pyridine rings is 2. The van der Waals surface area contributed by atoms with Crippen LogP contribution in [0.5, 0.6) is 5.75 Å². The number of alkyl halides is 2. The van der Waals surface area contributed by atoms with Crippen molar-refractivity contribution in [3.05, 3.63) is 54.4 Å². The van der Waals surface area contributed by atoms with Gasteiger partial charge < -0.3 is 4.74 Å². The van der Waals surface area contributed by atoms with Crippen LogP contribution in [0.3, 0.4) is 0 Å². The fourth-order valence-corrected chi connectivity index (χ4v) is 3.32. The number of para-hydroxylation sites is 1. The van der Waals surface area contributed by atoms with Gasteiger partial charge in [0, 0.05) is 17.1 Å². The molecule has 3 nitrogen and oxygen atoms in total. The molecule has 1 atom stereocenters. The molecule has 27 heavy (non-hydrogen) atoms. The fraction of sp³-hybridized carbons (Fsp3) is 0.364. The zero-order valence-corrected chi connectivity index (χ0v) is 15.8. The second kappa shape index (κ2) is 8.42. The van der Waals surface area contributed by atoms with Crippen LogP contribution in [0.25, 0.3) is 22.2 Å². The van der Waals surface area contributed by atoms with Crippen molar-refractivity contribution in [3.8, 4) is 17.0 Å². The Kier molecular flexibility index (Phi) is 5.99. The number of benzene rings is 1. The Hall–Kier alpha value is -2.56. The summed E-state index contributed by atoms with van der Waals surface area (Å²) in [6, 6.07) is 10.8. The highest BCUT2D eigenvalue weighted by Crippen LogP contribution is 2.34. The van der Waals surface area contributed by atoms with Crippen molar-refractivity contribution in [2.75, 3.05) is 6.61 Å². The van der Waals surface area contributed by atoms with Crippen molar-refractivity contribution in [1.29, 1.82) is 0 Å². The van der Waals surface area contributed by atoms with Crippen molar-refractivity contribution >= 4 is 10.9 Å². The number of halogens is 2. The van der Waals surface area contributed by atoms with Crippen LogP contribution in [-0.4, -0.2) is 16.6 Å². The summed E-state index contributed by atoms with van der Waals surface area (Å²) in [6.45, 7) is 6.73. The van der Waals surface area contributed by atoms with E-state index < -0.39 is 6.43 Å². The number of ether oxygens (including phenoxy) is 1. The Balaban J connectivity index is 1.91. The van der Waals surface area contributed by atoms with E-state index in [1.54, 1.807) is 12.3 Å². The number of aromatic nitrogens is 2. The molecule has 142 valence electrons. The summed E-state index contributed by atoms with van der Waals surface area (Å²) in [4.78, 5) is 8.71. The van der Waals surface area contributed by atoms with E-state index in [-0.39, 0.29) is 11.3 Å². The van der Waals surface area contributed by atoms with E-state index in [0.717, 1.165) is 22.9 Å². The first-order chi connectivity index (χ1) is 13.0. The molecule has 0 bridgehead atoms. The number of hydrogen-bond acceptors (Lipinski definition) is 3. The Morgan fingerprint density at radius 2 is 1.81 bits per heavy atom. The summed E-state index contributed by atoms with van der Waals surface area (Å²) in [5.41, 5.74) is 1.95. The second-order valence-electron chi connectivity index (χ2n) is 7.33. The first-order valence-electron chi connectivity index (χ1n) is 9.20. The average molecular weight is 370 g/mol. The topological polar surface area (TPSA) is 35.0 Å². The van der Waals surface area contributed by atoms with Crippen molar-refractivity contribution in [2.45, 2.75) is 33.6 Å². The molecule has 0 spiro atoms. The molecule has 0 saturated heterocycles. The SMILES string of the molecule is CC(C)C[C@H](C)COc1cnc(-c2ccnc3ccccc23)cc1C(F)F. The summed E-state index contributed by atoms with van der Waals surface area (Å²) in [6.07, 6.45) is 1.43. The van der Waals surface area contributed by atoms with Crippen molar-refractivity contribution in [3.63, 3.8) is 0 Å². The molecule has 0 amide bonds. The van der Waals surface area contributed by atoms with Crippen LogP contribution in [-0.2, 0) is 0 Å². The first-order valence-corrected chi connectivity index (χ1v) is 9.20. The molecule has 0 aliphatic carbocycles. The lowest BCUT2D eigenvalue weighted by Gasteiger charge is -2.17. The normalized spacial score (nSPS) is 12.7. The highest BCUT2D eigenvalue weighted by molar-refractivity contribution is 5.93. The molecule has 0 radical (unpaired) electrons. The quantitative estimate of drug-likeness (QED) is 0.490. The van der Waals surface area contributed by atoms with Gasteiger partial charge in [-0.05, 0) is 36.5 Å². The van der Waals surface area contributed by atoms with Crippen LogP contribution in [0, 0.1) is 11.8 Å². The van der Waals surface area contributed by atoms with E-state index in [4.69, 9.17) is 4.74 Å². The molecule has 0 N–H and O–H groups in total. The average Bonchev–Trinajstić information content (AvgIpc) is 2.65. The van der Waals surface area contributed by atoms with E-state index in [2.05, 4.69) is 30.7 Å². The van der Waals surface area contributed by atoms with E-state index in [0.29, 0.717) is 24.1 Å². The predicted octanol–water partition coefficient (Wildman–Crippen LogP) is 6.30. The molecule has 3 aromatic rings. The minimum Gasteiger partial charge on any atom is -0.491 e. The number of hydrogen-bond donors (Lipinski definition) is 0. The lowest BCUT2D eigenvalue weighted by atomic mass is 10.00. The van der Waals surface area contributed by atoms with Gasteiger partial charge >= 0.3 is 0 Å². The maximum atomic E-state index is 13.7. The van der Waals surface area contributed by atoms with Crippen LogP contribution in [0.4, 0.5) is 8.78 Å². The van der Waals surface area contributed by atoms with Gasteiger partial charge in [0.25, 0.3) is 6.43 Å². The van der Waals surface area contributed by atoms with Crippen LogP contribution in [0.2, 0.25) is 0 Å². The molecule has 0 aliphatic rings. The summed E-state index contributed by atoms with van der Waals surface area (Å²) in [7, 11) is 0. The molecule has 0 fully saturated rings. The summed E-state index contributed by atoms with van der Waals surface area (Å²) >= 11 is 0. The van der Waals surface area contributed by atoms with Gasteiger partial charge in [-0.15, -0.1) is 0 Å². The molecule has 0 aliphatic heterocycles. The van der Waals surface area contributed by atoms with E-state index in [1.807, 2.05) is 24.3 Å². The molecule has 5 heteroatoms. The highest BCUT2D eigenvalue weighted by atomic mass is 19.3. The van der Waals surface area contributed by atoms with Crippen LogP contribution >= 0.6 is 0 Å². The lowest BCUT2D eigenvalue weighted by molar-refractivity contribution is 0.142. The van der Waals surface area contributed by atoms with E-state index in [1.165, 1.54) is 12.3 Å². The minimum absolute atomic E-state index is 0.127. The van der Waals surface area contributed by atoms with Crippen molar-refractivity contribution in [2.24, 2.45) is 11.8 Å². The Labute approximate surface area is 158 Å². The molecular formula is C22H24F2N2O. The Bertz CT molecular complexity index is 906. The van der Waals surface area contributed by atoms with Crippen molar-refractivity contribution < 1.29 is 13.5 Å². The van der Waals surface area contributed by atoms with Gasteiger partial charge in [0.05, 0.1) is 29.6 Å². The lowest BCUT2D eigenvalue weighted by Crippen LogP contribution is -2.12. The maximum absolute atomic E-state index is 13.7. The monoisotopic (exact) mass is 370 g/mol. The third-order valence-electron chi connectivity index (χ3n) is 4.45. The molecule has 1 aromatic carbocycles. The molecule has 3 rings (SSSR count). The molecule has 0 unspecified atom stereocenters. The summed E-state index contributed by atoms with van der Waals surface area (Å²) in [5, 5.41) is 0.881. The van der Waals surface area contributed by atoms with Crippen molar-refractivity contribution in [1.82, 2.24) is 9.97 Å². The smallest absolute Gasteiger partial charge is 0.267 e. The second-order valence-corrected chi connectivity index (χ2v) is 7.33. The molecule has 2 heterocycles. The number of rotatable bonds is 7. The third kappa shape index (κ3) is 4.59. The number of fused-ring (bicyclic) bond motifs is 1. The van der Waals surface area contributed by atoms with Gasteiger partial charge in [0.2, 0.25) is 0 Å². The molecule has 0 saturated carbocycles. The standard InChI is InChI=1S/C22H24F2N2O/c1-14(2)10-15(3)13-27-21-12-26-20(11-18(21)22(23)24)17-8-9-25-19-7-5-4-6-16(17)19/h4-9,11-12,14-15,22H,10,13H2,1-3H3/t15-/m0/s1. The molecular weight excluding hydrogens is 346 g/mol. The van der Waals surface area contributed by atoms with Crippen LogP contribution < -0.4 is 4.74 Å². The zero-order valence-electron chi connectivity index (χ0n) is 15.8. The minimum atomic E-state index is -2.63. The highest BCUT2D eigenvalue weighted by Gasteiger charge is 2.18. The Morgan fingerprint density at radius 1 is 1.04 bits per heavy atom. The largest absolute Gasteiger partial charge is 0.491 e. The fourth-order valence-electron chi connectivity index (χ4n) is 3.32. The van der Waals surface area contributed by atoms with Gasteiger partial charge in [0.15, 0.2) is 0 Å². The molecule has 2 aromatic heterocycles. The van der Waals surface area contributed by atoms with E-state index in [9.17, 15) is 8.78 Å². The number of nitrogens with zero attached hydrogens (tertiary/aromatic N) is 2. The maximum Gasteiger partial charge on any atom is 0.267 e.